The molecule has 0 radical (unpaired) electrons. The first kappa shape index (κ1) is 10.3. The summed E-state index contributed by atoms with van der Waals surface area (Å²) in [7, 11) is 0. The van der Waals surface area contributed by atoms with E-state index in [1.54, 1.807) is 0 Å². The molecule has 0 fully saturated rings. The fourth-order valence-electron chi connectivity index (χ4n) is 1.84. The maximum absolute atomic E-state index is 5.87. The van der Waals surface area contributed by atoms with Crippen molar-refractivity contribution in [3.63, 3.8) is 0 Å². The average molecular weight is 202 g/mol. The Hall–Kier alpha value is -1.24. The summed E-state index contributed by atoms with van der Waals surface area (Å²) in [5.41, 5.74) is 1.52. The van der Waals surface area contributed by atoms with Gasteiger partial charge in [-0.3, -0.25) is 0 Å². The molecule has 80 valence electrons. The summed E-state index contributed by atoms with van der Waals surface area (Å²) in [4.78, 5) is 0. The lowest BCUT2D eigenvalue weighted by Gasteiger charge is -2.22. The van der Waals surface area contributed by atoms with Gasteiger partial charge in [-0.25, -0.2) is 0 Å². The van der Waals surface area contributed by atoms with Gasteiger partial charge in [0.05, 0.1) is 0 Å². The zero-order chi connectivity index (χ0) is 10.9. The summed E-state index contributed by atoms with van der Waals surface area (Å²) in [6.07, 6.45) is 4.34. The van der Waals surface area contributed by atoms with E-state index in [-0.39, 0.29) is 5.41 Å². The molecule has 1 nitrogen and oxygen atoms in total. The number of benzene rings is 1. The normalized spacial score (nSPS) is 18.5. The molecule has 0 amide bonds. The summed E-state index contributed by atoms with van der Waals surface area (Å²) in [5.74, 6) is 2.14. The largest absolute Gasteiger partial charge is 0.462 e. The van der Waals surface area contributed by atoms with Crippen LogP contribution in [0.4, 0.5) is 0 Å². The second-order valence-corrected chi connectivity index (χ2v) is 5.19. The minimum Gasteiger partial charge on any atom is -0.462 e. The molecule has 0 N–H and O–H groups in total. The molecule has 1 aliphatic rings. The van der Waals surface area contributed by atoms with Crippen LogP contribution in [0.15, 0.2) is 36.1 Å². The summed E-state index contributed by atoms with van der Waals surface area (Å²) in [5, 5.41) is 0. The number of para-hydroxylation sites is 1. The second-order valence-electron chi connectivity index (χ2n) is 5.19. The standard InChI is InChI=1S/C14H18O/c1-14(2,3)10-12-9-8-11-6-4-5-7-13(11)15-12/h4-7,10H,8-9H2,1-3H3/b12-10+. The van der Waals surface area contributed by atoms with Gasteiger partial charge in [0.2, 0.25) is 0 Å². The second kappa shape index (κ2) is 3.73. The summed E-state index contributed by atoms with van der Waals surface area (Å²) < 4.78 is 5.87. The van der Waals surface area contributed by atoms with Crippen molar-refractivity contribution in [1.29, 1.82) is 0 Å². The Morgan fingerprint density at radius 2 is 1.87 bits per heavy atom. The van der Waals surface area contributed by atoms with Crippen molar-refractivity contribution in [2.75, 3.05) is 0 Å². The van der Waals surface area contributed by atoms with Crippen LogP contribution in [0.2, 0.25) is 0 Å². The molecule has 1 heterocycles. The monoisotopic (exact) mass is 202 g/mol. The predicted molar refractivity (Wildman–Crippen MR) is 62.9 cm³/mol. The van der Waals surface area contributed by atoms with Crippen LogP contribution in [0, 0.1) is 5.41 Å². The lowest BCUT2D eigenvalue weighted by molar-refractivity contribution is 0.362. The van der Waals surface area contributed by atoms with E-state index in [2.05, 4.69) is 39.0 Å². The van der Waals surface area contributed by atoms with Crippen molar-refractivity contribution in [1.82, 2.24) is 0 Å². The molecular formula is C14H18O. The van der Waals surface area contributed by atoms with Gasteiger partial charge in [-0.1, -0.05) is 39.0 Å². The number of hydrogen-bond acceptors (Lipinski definition) is 1. The van der Waals surface area contributed by atoms with E-state index in [9.17, 15) is 0 Å². The Labute approximate surface area is 91.8 Å². The quantitative estimate of drug-likeness (QED) is 0.619. The van der Waals surface area contributed by atoms with Crippen LogP contribution < -0.4 is 4.74 Å². The van der Waals surface area contributed by atoms with Crippen LogP contribution in [-0.4, -0.2) is 0 Å². The summed E-state index contributed by atoms with van der Waals surface area (Å²) in [6.45, 7) is 6.59. The van der Waals surface area contributed by atoms with E-state index in [0.29, 0.717) is 0 Å². The average Bonchev–Trinajstić information content (AvgIpc) is 2.15. The minimum atomic E-state index is 0.196. The Bertz CT molecular complexity index is 383. The van der Waals surface area contributed by atoms with Gasteiger partial charge in [-0.15, -0.1) is 0 Å². The zero-order valence-corrected chi connectivity index (χ0v) is 9.71. The third-order valence-electron chi connectivity index (χ3n) is 2.45. The van der Waals surface area contributed by atoms with Crippen molar-refractivity contribution < 1.29 is 4.74 Å². The number of fused-ring (bicyclic) bond motifs is 1. The van der Waals surface area contributed by atoms with Crippen LogP contribution in [0.25, 0.3) is 0 Å². The molecule has 0 bridgehead atoms. The summed E-state index contributed by atoms with van der Waals surface area (Å²) >= 11 is 0. The Kier molecular flexibility index (Phi) is 2.56. The van der Waals surface area contributed by atoms with Crippen molar-refractivity contribution >= 4 is 0 Å². The molecule has 0 spiro atoms. The third kappa shape index (κ3) is 2.62. The highest BCUT2D eigenvalue weighted by atomic mass is 16.5. The number of aryl methyl sites for hydroxylation is 1. The molecule has 0 saturated heterocycles. The van der Waals surface area contributed by atoms with E-state index in [1.807, 2.05) is 12.1 Å². The van der Waals surface area contributed by atoms with E-state index in [4.69, 9.17) is 4.74 Å². The first-order valence-corrected chi connectivity index (χ1v) is 5.52. The highest BCUT2D eigenvalue weighted by molar-refractivity contribution is 5.37. The van der Waals surface area contributed by atoms with Crippen LogP contribution in [0.5, 0.6) is 5.75 Å². The van der Waals surface area contributed by atoms with Crippen LogP contribution in [0.1, 0.15) is 32.8 Å². The smallest absolute Gasteiger partial charge is 0.130 e. The first-order chi connectivity index (χ1) is 7.04. The van der Waals surface area contributed by atoms with Crippen molar-refractivity contribution in [2.24, 2.45) is 5.41 Å². The van der Waals surface area contributed by atoms with Gasteiger partial charge in [-0.2, -0.15) is 0 Å². The van der Waals surface area contributed by atoms with Gasteiger partial charge in [-0.05, 0) is 29.5 Å². The first-order valence-electron chi connectivity index (χ1n) is 5.52. The molecule has 1 aromatic carbocycles. The number of allylic oxidation sites excluding steroid dienone is 2. The molecular weight excluding hydrogens is 184 g/mol. The highest BCUT2D eigenvalue weighted by Crippen LogP contribution is 2.31. The maximum atomic E-state index is 5.87. The Balaban J connectivity index is 2.23. The van der Waals surface area contributed by atoms with Gasteiger partial charge in [0.15, 0.2) is 0 Å². The fourth-order valence-corrected chi connectivity index (χ4v) is 1.84. The molecule has 0 unspecified atom stereocenters. The van der Waals surface area contributed by atoms with Gasteiger partial charge in [0.25, 0.3) is 0 Å². The molecule has 0 saturated carbocycles. The van der Waals surface area contributed by atoms with Crippen molar-refractivity contribution in [3.8, 4) is 5.75 Å². The number of hydrogen-bond donors (Lipinski definition) is 0. The topological polar surface area (TPSA) is 9.23 Å². The number of ether oxygens (including phenoxy) is 1. The van der Waals surface area contributed by atoms with E-state index in [1.165, 1.54) is 5.56 Å². The van der Waals surface area contributed by atoms with E-state index < -0.39 is 0 Å². The van der Waals surface area contributed by atoms with Crippen LogP contribution in [-0.2, 0) is 6.42 Å². The molecule has 15 heavy (non-hydrogen) atoms. The van der Waals surface area contributed by atoms with E-state index in [0.717, 1.165) is 24.4 Å². The molecule has 2 rings (SSSR count). The zero-order valence-electron chi connectivity index (χ0n) is 9.71. The SMILES string of the molecule is CC(C)(C)/C=C1\CCc2ccccc2O1. The van der Waals surface area contributed by atoms with Gasteiger partial charge >= 0.3 is 0 Å². The molecule has 0 atom stereocenters. The maximum Gasteiger partial charge on any atom is 0.130 e. The van der Waals surface area contributed by atoms with Crippen LogP contribution >= 0.6 is 0 Å². The minimum absolute atomic E-state index is 0.196. The molecule has 1 aromatic rings. The molecule has 0 aliphatic carbocycles. The van der Waals surface area contributed by atoms with Crippen molar-refractivity contribution in [2.45, 2.75) is 33.6 Å². The molecule has 1 aliphatic heterocycles. The number of rotatable bonds is 0. The predicted octanol–water partition coefficient (Wildman–Crippen LogP) is 3.94. The third-order valence-corrected chi connectivity index (χ3v) is 2.45. The highest BCUT2D eigenvalue weighted by Gasteiger charge is 2.16. The van der Waals surface area contributed by atoms with Gasteiger partial charge < -0.3 is 4.74 Å². The van der Waals surface area contributed by atoms with E-state index >= 15 is 0 Å². The lowest BCUT2D eigenvalue weighted by atomic mass is 9.93. The molecule has 0 aromatic heterocycles. The Morgan fingerprint density at radius 3 is 2.60 bits per heavy atom. The summed E-state index contributed by atoms with van der Waals surface area (Å²) in [6, 6.07) is 8.29. The lowest BCUT2D eigenvalue weighted by Crippen LogP contribution is -2.10. The van der Waals surface area contributed by atoms with Gasteiger partial charge in [0, 0.05) is 6.42 Å². The van der Waals surface area contributed by atoms with Crippen molar-refractivity contribution in [3.05, 3.63) is 41.7 Å². The molecule has 1 heteroatoms. The fraction of sp³-hybridized carbons (Fsp3) is 0.429. The van der Waals surface area contributed by atoms with Gasteiger partial charge in [0.1, 0.15) is 11.5 Å². The van der Waals surface area contributed by atoms with Crippen LogP contribution in [0.3, 0.4) is 0 Å². The Morgan fingerprint density at radius 1 is 1.13 bits per heavy atom.